The van der Waals surface area contributed by atoms with E-state index < -0.39 is 23.5 Å². The summed E-state index contributed by atoms with van der Waals surface area (Å²) >= 11 is 0. The molecule has 16 heteroatoms. The lowest BCUT2D eigenvalue weighted by Crippen LogP contribution is -2.49. The van der Waals surface area contributed by atoms with Crippen molar-refractivity contribution in [2.24, 2.45) is 18.4 Å². The maximum Gasteiger partial charge on any atom is 0.395 e. The van der Waals surface area contributed by atoms with Gasteiger partial charge in [0, 0.05) is 69.1 Å². The molecule has 374 valence electrons. The molecule has 13 nitrogen and oxygen atoms in total. The van der Waals surface area contributed by atoms with E-state index in [-0.39, 0.29) is 54.1 Å². The van der Waals surface area contributed by atoms with E-state index in [2.05, 4.69) is 59.0 Å². The van der Waals surface area contributed by atoms with Crippen LogP contribution in [-0.4, -0.2) is 101 Å². The summed E-state index contributed by atoms with van der Waals surface area (Å²) in [6.45, 7) is 9.74. The normalized spacial score (nSPS) is 23.8. The fraction of sp³-hybridized carbons (Fsp3) is 0.585. The van der Waals surface area contributed by atoms with Crippen LogP contribution >= 0.6 is 0 Å². The lowest BCUT2D eigenvalue weighted by molar-refractivity contribution is -0.217. The van der Waals surface area contributed by atoms with Crippen molar-refractivity contribution >= 4 is 40.3 Å². The van der Waals surface area contributed by atoms with Crippen LogP contribution in [0.3, 0.4) is 0 Å². The van der Waals surface area contributed by atoms with Gasteiger partial charge in [0.2, 0.25) is 11.8 Å². The fourth-order valence-electron chi connectivity index (χ4n) is 11.5. The summed E-state index contributed by atoms with van der Waals surface area (Å²) < 4.78 is 57.8. The minimum Gasteiger partial charge on any atom is -0.497 e. The predicted octanol–water partition coefficient (Wildman–Crippen LogP) is 9.52. The topological polar surface area (TPSA) is 139 Å². The second kappa shape index (κ2) is 20.2. The number of methoxy groups -OCH3 is 1. The van der Waals surface area contributed by atoms with Gasteiger partial charge in [0.25, 0.3) is 0 Å². The molecule has 3 saturated heterocycles. The van der Waals surface area contributed by atoms with Crippen molar-refractivity contribution in [3.8, 4) is 5.75 Å². The Labute approximate surface area is 403 Å². The Hall–Kier alpha value is -5.35. The van der Waals surface area contributed by atoms with Gasteiger partial charge in [-0.2, -0.15) is 13.2 Å². The molecule has 3 N–H and O–H groups in total. The highest BCUT2D eigenvalue weighted by molar-refractivity contribution is 6.00. The molecule has 1 unspecified atom stereocenters. The number of halogens is 3. The van der Waals surface area contributed by atoms with Crippen LogP contribution in [0.1, 0.15) is 121 Å². The van der Waals surface area contributed by atoms with Gasteiger partial charge in [0.05, 0.1) is 29.2 Å². The van der Waals surface area contributed by atoms with Crippen LogP contribution in [0.5, 0.6) is 5.75 Å². The number of carbonyl (C=O) groups excluding carboxylic acids is 3. The number of imidazole rings is 1. The van der Waals surface area contributed by atoms with Gasteiger partial charge in [-0.1, -0.05) is 24.3 Å². The minimum absolute atomic E-state index is 0.0512. The number of rotatable bonds is 14. The average molecular weight is 958 g/mol. The van der Waals surface area contributed by atoms with Crippen LogP contribution in [0.15, 0.2) is 71.5 Å². The lowest BCUT2D eigenvalue weighted by atomic mass is 9.67. The van der Waals surface area contributed by atoms with Crippen molar-refractivity contribution in [1.82, 2.24) is 24.3 Å². The maximum absolute atomic E-state index is 14.4. The third-order valence-electron chi connectivity index (χ3n) is 15.6. The monoisotopic (exact) mass is 958 g/mol. The molecular weight excluding hydrogens is 888 g/mol. The fourth-order valence-corrected chi connectivity index (χ4v) is 11.5. The number of nitrogens with one attached hydrogen (secondary N) is 3. The van der Waals surface area contributed by atoms with Gasteiger partial charge in [-0.15, -0.1) is 0 Å². The Balaban J connectivity index is 0.825. The minimum atomic E-state index is -4.32. The zero-order chi connectivity index (χ0) is 49.3. The van der Waals surface area contributed by atoms with E-state index >= 15 is 0 Å². The lowest BCUT2D eigenvalue weighted by Gasteiger charge is -2.47. The van der Waals surface area contributed by atoms with Crippen molar-refractivity contribution in [2.45, 2.75) is 134 Å². The molecule has 1 saturated carbocycles. The summed E-state index contributed by atoms with van der Waals surface area (Å²) in [5.41, 5.74) is 2.52. The number of urea groups is 1. The van der Waals surface area contributed by atoms with Gasteiger partial charge in [0.1, 0.15) is 11.8 Å². The molecule has 1 aliphatic carbocycles. The Morgan fingerprint density at radius 1 is 0.899 bits per heavy atom. The number of aryl methyl sites for hydroxylation is 1. The molecular formula is C53H70F3N7O6. The molecule has 0 bridgehead atoms. The number of anilines is 2. The number of amides is 4. The van der Waals surface area contributed by atoms with Crippen LogP contribution < -0.4 is 26.4 Å². The van der Waals surface area contributed by atoms with E-state index in [1.165, 1.54) is 34.1 Å². The third-order valence-corrected chi connectivity index (χ3v) is 15.6. The number of ether oxygens (including phenoxy) is 2. The summed E-state index contributed by atoms with van der Waals surface area (Å²) in [5, 5.41) is 8.99. The van der Waals surface area contributed by atoms with Crippen LogP contribution in [-0.2, 0) is 26.8 Å². The molecule has 4 amide bonds. The molecule has 0 spiro atoms. The maximum atomic E-state index is 14.4. The molecule has 4 fully saturated rings. The average Bonchev–Trinajstić information content (AvgIpc) is 3.55. The van der Waals surface area contributed by atoms with Crippen molar-refractivity contribution < 1.29 is 37.0 Å². The standard InChI is InChI=1S/C53H70F3N7O6/c1-50(2,53(54,55)56)34-61(29-25-52(26-30-69-51(3,4)33-52)38-13-18-42(68-6)19-14-38)32-35-7-9-36(10-8-35)37-11-15-39(16-12-37)58-48(66)62-27-23-40(24-28-62)57-41-17-20-43-45(31-41)60(5)49(67)63(43)44-21-22-46(64)59-47(44)65/h11-20,31,35-36,40,44,57H,7-10,21-30,32-34H2,1-6H3,(H,58,66)(H,59,64,65)/t35-,36-,44?,52-/m1/s1. The van der Waals surface area contributed by atoms with E-state index in [0.29, 0.717) is 55.7 Å². The molecule has 4 aliphatic rings. The number of carbonyl (C=O) groups is 3. The molecule has 8 rings (SSSR count). The Morgan fingerprint density at radius 2 is 1.58 bits per heavy atom. The van der Waals surface area contributed by atoms with Crippen LogP contribution in [0.4, 0.5) is 29.3 Å². The number of piperidine rings is 2. The summed E-state index contributed by atoms with van der Waals surface area (Å²) in [7, 11) is 3.32. The van der Waals surface area contributed by atoms with Crippen molar-refractivity contribution in [3.63, 3.8) is 0 Å². The number of hydrogen-bond acceptors (Lipinski definition) is 8. The molecule has 4 aromatic rings. The molecule has 69 heavy (non-hydrogen) atoms. The van der Waals surface area contributed by atoms with E-state index in [4.69, 9.17) is 9.47 Å². The quantitative estimate of drug-likeness (QED) is 0.106. The van der Waals surface area contributed by atoms with E-state index in [0.717, 1.165) is 74.9 Å². The number of imide groups is 1. The first-order chi connectivity index (χ1) is 32.7. The van der Waals surface area contributed by atoms with Gasteiger partial charge in [-0.3, -0.25) is 24.0 Å². The third kappa shape index (κ3) is 11.3. The number of hydrogen-bond donors (Lipinski definition) is 3. The van der Waals surface area contributed by atoms with Crippen LogP contribution in [0, 0.1) is 11.3 Å². The Kier molecular flexibility index (Phi) is 14.6. The first-order valence-electron chi connectivity index (χ1n) is 24.8. The van der Waals surface area contributed by atoms with Gasteiger partial charge in [-0.25, -0.2) is 9.59 Å². The predicted molar refractivity (Wildman–Crippen MR) is 262 cm³/mol. The number of likely N-dealkylation sites (tertiary alicyclic amines) is 1. The molecule has 0 radical (unpaired) electrons. The van der Waals surface area contributed by atoms with Gasteiger partial charge >= 0.3 is 17.9 Å². The van der Waals surface area contributed by atoms with Crippen LogP contribution in [0.25, 0.3) is 11.0 Å². The zero-order valence-electron chi connectivity index (χ0n) is 41.1. The summed E-state index contributed by atoms with van der Waals surface area (Å²) in [6.07, 6.45) is 3.73. The smallest absolute Gasteiger partial charge is 0.395 e. The SMILES string of the molecule is COc1ccc([C@]2(CCN(CC(C)(C)C(F)(F)F)C[C@H]3CC[C@H](c4ccc(NC(=O)N5CCC(Nc6ccc7c(c6)n(C)c(=O)n7C6CCC(=O)NC6=O)CC5)cc4)CC3)CCOC(C)(C)C2)cc1. The van der Waals surface area contributed by atoms with Gasteiger partial charge < -0.3 is 29.9 Å². The molecule has 3 aliphatic heterocycles. The number of aromatic nitrogens is 2. The molecule has 1 aromatic heterocycles. The molecule has 4 heterocycles. The van der Waals surface area contributed by atoms with Crippen molar-refractivity contribution in [1.29, 1.82) is 0 Å². The first-order valence-corrected chi connectivity index (χ1v) is 24.8. The summed E-state index contributed by atoms with van der Waals surface area (Å²) in [6, 6.07) is 21.1. The van der Waals surface area contributed by atoms with Crippen LogP contribution in [0.2, 0.25) is 0 Å². The second-order valence-electron chi connectivity index (χ2n) is 21.5. The summed E-state index contributed by atoms with van der Waals surface area (Å²) in [4.78, 5) is 54.8. The molecule has 3 aromatic carbocycles. The zero-order valence-corrected chi connectivity index (χ0v) is 41.1. The van der Waals surface area contributed by atoms with Gasteiger partial charge in [0.15, 0.2) is 0 Å². The molecule has 2 atom stereocenters. The van der Waals surface area contributed by atoms with E-state index in [1.54, 1.807) is 14.2 Å². The summed E-state index contributed by atoms with van der Waals surface area (Å²) in [5.74, 6) is 0.618. The Morgan fingerprint density at radius 3 is 2.22 bits per heavy atom. The number of fused-ring (bicyclic) bond motifs is 1. The van der Waals surface area contributed by atoms with Gasteiger partial charge in [-0.05, 0) is 164 Å². The Bertz CT molecular complexity index is 2520. The van der Waals surface area contributed by atoms with E-state index in [1.807, 2.05) is 47.4 Å². The number of alkyl halides is 3. The second-order valence-corrected chi connectivity index (χ2v) is 21.5. The van der Waals surface area contributed by atoms with Crippen molar-refractivity contribution in [2.75, 3.05) is 57.1 Å². The number of benzene rings is 3. The highest BCUT2D eigenvalue weighted by Gasteiger charge is 2.49. The highest BCUT2D eigenvalue weighted by Crippen LogP contribution is 2.46. The van der Waals surface area contributed by atoms with E-state index in [9.17, 15) is 32.3 Å². The first kappa shape index (κ1) is 50.1. The largest absolute Gasteiger partial charge is 0.497 e. The highest BCUT2D eigenvalue weighted by atomic mass is 19.4. The number of nitrogens with zero attached hydrogens (tertiary/aromatic N) is 4. The van der Waals surface area contributed by atoms with Crippen molar-refractivity contribution in [3.05, 3.63) is 88.3 Å².